The maximum atomic E-state index is 11.8. The fourth-order valence-electron chi connectivity index (χ4n) is 1.45. The zero-order chi connectivity index (χ0) is 14.3. The molecule has 1 aromatic rings. The number of ether oxygens (including phenoxy) is 2. The van der Waals surface area contributed by atoms with E-state index in [-0.39, 0.29) is 24.2 Å². The van der Waals surface area contributed by atoms with Crippen molar-refractivity contribution in [1.29, 1.82) is 0 Å². The summed E-state index contributed by atoms with van der Waals surface area (Å²) in [5.41, 5.74) is 7.20. The van der Waals surface area contributed by atoms with E-state index in [1.165, 1.54) is 0 Å². The maximum Gasteiger partial charge on any atom is 0.228 e. The number of benzene rings is 1. The van der Waals surface area contributed by atoms with E-state index in [0.29, 0.717) is 31.2 Å². The first-order valence-electron chi connectivity index (χ1n) is 6.31. The van der Waals surface area contributed by atoms with Gasteiger partial charge in [-0.15, -0.1) is 12.4 Å². The van der Waals surface area contributed by atoms with E-state index in [2.05, 4.69) is 5.32 Å². The number of amides is 1. The van der Waals surface area contributed by atoms with Crippen LogP contribution in [0.5, 0.6) is 5.75 Å². The van der Waals surface area contributed by atoms with E-state index in [4.69, 9.17) is 15.2 Å². The topological polar surface area (TPSA) is 73.6 Å². The second-order valence-electron chi connectivity index (χ2n) is 4.47. The Balaban J connectivity index is 0.00000361. The molecule has 0 radical (unpaired) electrons. The van der Waals surface area contributed by atoms with Crippen molar-refractivity contribution in [3.8, 4) is 5.75 Å². The van der Waals surface area contributed by atoms with Gasteiger partial charge in [0.15, 0.2) is 0 Å². The molecule has 0 aliphatic heterocycles. The number of carbonyl (C=O) groups is 1. The third kappa shape index (κ3) is 5.77. The fourth-order valence-corrected chi connectivity index (χ4v) is 1.45. The van der Waals surface area contributed by atoms with Crippen LogP contribution in [0.4, 0.5) is 5.69 Å². The van der Waals surface area contributed by atoms with Crippen molar-refractivity contribution in [2.45, 2.75) is 13.8 Å². The third-order valence-corrected chi connectivity index (χ3v) is 2.74. The summed E-state index contributed by atoms with van der Waals surface area (Å²) < 4.78 is 10.5. The molecule has 5 nitrogen and oxygen atoms in total. The second kappa shape index (κ2) is 9.58. The highest BCUT2D eigenvalue weighted by atomic mass is 35.5. The molecule has 1 rings (SSSR count). The van der Waals surface area contributed by atoms with Gasteiger partial charge >= 0.3 is 0 Å². The molecule has 114 valence electrons. The molecular weight excluding hydrogens is 280 g/mol. The number of methoxy groups -OCH3 is 1. The van der Waals surface area contributed by atoms with Gasteiger partial charge in [-0.05, 0) is 24.6 Å². The normalized spacial score (nSPS) is 11.4. The van der Waals surface area contributed by atoms with Crippen LogP contribution in [-0.2, 0) is 9.53 Å². The van der Waals surface area contributed by atoms with Gasteiger partial charge in [-0.3, -0.25) is 4.79 Å². The SMILES string of the molecule is COCCOc1cc(C)ccc1NC(=O)C(C)CN.Cl. The van der Waals surface area contributed by atoms with Crippen LogP contribution in [0, 0.1) is 12.8 Å². The zero-order valence-corrected chi connectivity index (χ0v) is 13.0. The lowest BCUT2D eigenvalue weighted by Gasteiger charge is -2.15. The van der Waals surface area contributed by atoms with Crippen LogP contribution >= 0.6 is 12.4 Å². The highest BCUT2D eigenvalue weighted by molar-refractivity contribution is 5.93. The van der Waals surface area contributed by atoms with Crippen molar-refractivity contribution >= 4 is 24.0 Å². The molecular formula is C14H23ClN2O3. The Bertz CT molecular complexity index is 427. The summed E-state index contributed by atoms with van der Waals surface area (Å²) in [6.45, 7) is 5.01. The summed E-state index contributed by atoms with van der Waals surface area (Å²) in [5.74, 6) is 0.311. The molecule has 6 heteroatoms. The van der Waals surface area contributed by atoms with Crippen molar-refractivity contribution in [3.05, 3.63) is 23.8 Å². The van der Waals surface area contributed by atoms with E-state index >= 15 is 0 Å². The molecule has 1 amide bonds. The van der Waals surface area contributed by atoms with Crippen LogP contribution in [0.2, 0.25) is 0 Å². The number of nitrogens with one attached hydrogen (secondary N) is 1. The van der Waals surface area contributed by atoms with Gasteiger partial charge in [-0.1, -0.05) is 13.0 Å². The number of anilines is 1. The number of hydrogen-bond acceptors (Lipinski definition) is 4. The summed E-state index contributed by atoms with van der Waals surface area (Å²) in [7, 11) is 1.62. The molecule has 0 bridgehead atoms. The Morgan fingerprint density at radius 1 is 1.40 bits per heavy atom. The predicted molar refractivity (Wildman–Crippen MR) is 82.6 cm³/mol. The van der Waals surface area contributed by atoms with Crippen LogP contribution in [0.25, 0.3) is 0 Å². The number of nitrogens with two attached hydrogens (primary N) is 1. The molecule has 0 saturated heterocycles. The van der Waals surface area contributed by atoms with Crippen molar-refractivity contribution in [2.75, 3.05) is 32.2 Å². The number of aryl methyl sites for hydroxylation is 1. The Morgan fingerprint density at radius 2 is 2.10 bits per heavy atom. The van der Waals surface area contributed by atoms with E-state index in [9.17, 15) is 4.79 Å². The predicted octanol–water partition coefficient (Wildman–Crippen LogP) is 1.98. The van der Waals surface area contributed by atoms with Crippen molar-refractivity contribution < 1.29 is 14.3 Å². The Kier molecular flexibility index (Phi) is 8.96. The summed E-state index contributed by atoms with van der Waals surface area (Å²) >= 11 is 0. The first-order chi connectivity index (χ1) is 9.08. The van der Waals surface area contributed by atoms with Crippen molar-refractivity contribution in [2.24, 2.45) is 11.7 Å². The summed E-state index contributed by atoms with van der Waals surface area (Å²) in [6, 6.07) is 5.64. The number of hydrogen-bond donors (Lipinski definition) is 2. The molecule has 0 spiro atoms. The van der Waals surface area contributed by atoms with Gasteiger partial charge in [0, 0.05) is 19.6 Å². The number of carbonyl (C=O) groups excluding carboxylic acids is 1. The molecule has 1 atom stereocenters. The van der Waals surface area contributed by atoms with Crippen LogP contribution in [0.1, 0.15) is 12.5 Å². The minimum Gasteiger partial charge on any atom is -0.489 e. The summed E-state index contributed by atoms with van der Waals surface area (Å²) in [6.07, 6.45) is 0. The van der Waals surface area contributed by atoms with Crippen LogP contribution in [0.15, 0.2) is 18.2 Å². The van der Waals surface area contributed by atoms with Gasteiger partial charge in [-0.2, -0.15) is 0 Å². The lowest BCUT2D eigenvalue weighted by atomic mass is 10.1. The Hall–Kier alpha value is -1.30. The molecule has 0 fully saturated rings. The molecule has 0 aliphatic carbocycles. The minimum atomic E-state index is -0.229. The van der Waals surface area contributed by atoms with Gasteiger partial charge < -0.3 is 20.5 Å². The first kappa shape index (κ1) is 18.7. The van der Waals surface area contributed by atoms with Crippen LogP contribution in [-0.4, -0.2) is 32.8 Å². The summed E-state index contributed by atoms with van der Waals surface area (Å²) in [5, 5.41) is 2.83. The lowest BCUT2D eigenvalue weighted by Crippen LogP contribution is -2.27. The first-order valence-corrected chi connectivity index (χ1v) is 6.31. The highest BCUT2D eigenvalue weighted by Crippen LogP contribution is 2.26. The third-order valence-electron chi connectivity index (χ3n) is 2.74. The molecule has 1 aromatic carbocycles. The number of halogens is 1. The highest BCUT2D eigenvalue weighted by Gasteiger charge is 2.13. The summed E-state index contributed by atoms with van der Waals surface area (Å²) in [4.78, 5) is 11.8. The quantitative estimate of drug-likeness (QED) is 0.755. The molecule has 20 heavy (non-hydrogen) atoms. The van der Waals surface area contributed by atoms with E-state index < -0.39 is 0 Å². The van der Waals surface area contributed by atoms with E-state index in [1.807, 2.05) is 25.1 Å². The Morgan fingerprint density at radius 3 is 2.70 bits per heavy atom. The zero-order valence-electron chi connectivity index (χ0n) is 12.1. The van der Waals surface area contributed by atoms with Crippen LogP contribution < -0.4 is 15.8 Å². The lowest BCUT2D eigenvalue weighted by molar-refractivity contribution is -0.119. The van der Waals surface area contributed by atoms with E-state index in [0.717, 1.165) is 5.56 Å². The van der Waals surface area contributed by atoms with Gasteiger partial charge in [0.05, 0.1) is 12.3 Å². The molecule has 0 aliphatic rings. The van der Waals surface area contributed by atoms with Gasteiger partial charge in [0.2, 0.25) is 5.91 Å². The van der Waals surface area contributed by atoms with Gasteiger partial charge in [0.25, 0.3) is 0 Å². The molecule has 1 unspecified atom stereocenters. The number of rotatable bonds is 7. The largest absolute Gasteiger partial charge is 0.489 e. The minimum absolute atomic E-state index is 0. The fraction of sp³-hybridized carbons (Fsp3) is 0.500. The average Bonchev–Trinajstić information content (AvgIpc) is 2.40. The molecule has 0 saturated carbocycles. The molecule has 3 N–H and O–H groups in total. The maximum absolute atomic E-state index is 11.8. The smallest absolute Gasteiger partial charge is 0.228 e. The van der Waals surface area contributed by atoms with Crippen LogP contribution in [0.3, 0.4) is 0 Å². The van der Waals surface area contributed by atoms with E-state index in [1.54, 1.807) is 14.0 Å². The van der Waals surface area contributed by atoms with Crippen molar-refractivity contribution in [3.63, 3.8) is 0 Å². The molecule has 0 heterocycles. The monoisotopic (exact) mass is 302 g/mol. The van der Waals surface area contributed by atoms with Gasteiger partial charge in [-0.25, -0.2) is 0 Å². The Labute approximate surface area is 126 Å². The average molecular weight is 303 g/mol. The van der Waals surface area contributed by atoms with Crippen molar-refractivity contribution in [1.82, 2.24) is 0 Å². The van der Waals surface area contributed by atoms with Gasteiger partial charge in [0.1, 0.15) is 12.4 Å². The molecule has 0 aromatic heterocycles. The standard InChI is InChI=1S/C14H22N2O3.ClH/c1-10-4-5-12(16-14(17)11(2)9-15)13(8-10)19-7-6-18-3;/h4-5,8,11H,6-7,9,15H2,1-3H3,(H,16,17);1H. The second-order valence-corrected chi connectivity index (χ2v) is 4.47.